The third kappa shape index (κ3) is 2.21. The molecule has 0 bridgehead atoms. The fraction of sp³-hybridized carbons (Fsp3) is 0.417. The van der Waals surface area contributed by atoms with Gasteiger partial charge in [0.15, 0.2) is 11.6 Å². The standard InChI is InChI=1S/C24H23NO4/c1-23(2)8-5-9-24(3)16(23)10-13-14(22(24)29)11-25-19-18(13)20(27)12-6-4-7-15(26)17(12)21(19)28/h4,6-7,11,16,26H,5,8-10H2,1-3H3/t16-,24-/m0/s1. The maximum Gasteiger partial charge on any atom is 0.216 e. The maximum absolute atomic E-state index is 13.6. The predicted octanol–water partition coefficient (Wildman–Crippen LogP) is 4.13. The van der Waals surface area contributed by atoms with Crippen LogP contribution in [0.1, 0.15) is 87.9 Å². The van der Waals surface area contributed by atoms with Gasteiger partial charge in [-0.25, -0.2) is 0 Å². The average Bonchev–Trinajstić information content (AvgIpc) is 2.67. The molecule has 1 saturated carbocycles. The summed E-state index contributed by atoms with van der Waals surface area (Å²) in [4.78, 5) is 44.2. The van der Waals surface area contributed by atoms with E-state index in [0.717, 1.165) is 19.3 Å². The zero-order valence-corrected chi connectivity index (χ0v) is 16.8. The first-order chi connectivity index (χ1) is 13.7. The van der Waals surface area contributed by atoms with Crippen molar-refractivity contribution in [3.63, 3.8) is 0 Å². The minimum Gasteiger partial charge on any atom is -0.507 e. The lowest BCUT2D eigenvalue weighted by Crippen LogP contribution is -2.51. The Kier molecular flexibility index (Phi) is 3.53. The second-order valence-corrected chi connectivity index (χ2v) is 9.58. The molecule has 1 aromatic carbocycles. The number of aromatic nitrogens is 1. The number of phenolic OH excluding ortho intramolecular Hbond substituents is 1. The molecule has 2 atom stereocenters. The van der Waals surface area contributed by atoms with Crippen LogP contribution in [0, 0.1) is 16.7 Å². The second-order valence-electron chi connectivity index (χ2n) is 9.58. The molecule has 1 fully saturated rings. The van der Waals surface area contributed by atoms with E-state index in [2.05, 4.69) is 18.8 Å². The number of hydrogen-bond acceptors (Lipinski definition) is 5. The van der Waals surface area contributed by atoms with E-state index in [1.54, 1.807) is 12.1 Å². The molecule has 148 valence electrons. The van der Waals surface area contributed by atoms with E-state index >= 15 is 0 Å². The fourth-order valence-corrected chi connectivity index (χ4v) is 6.00. The van der Waals surface area contributed by atoms with Crippen LogP contribution < -0.4 is 0 Å². The Morgan fingerprint density at radius 3 is 2.52 bits per heavy atom. The van der Waals surface area contributed by atoms with Gasteiger partial charge in [-0.15, -0.1) is 0 Å². The molecule has 0 spiro atoms. The molecule has 0 radical (unpaired) electrons. The highest BCUT2D eigenvalue weighted by Crippen LogP contribution is 2.56. The summed E-state index contributed by atoms with van der Waals surface area (Å²) in [6.07, 6.45) is 4.93. The van der Waals surface area contributed by atoms with E-state index < -0.39 is 11.2 Å². The number of carbonyl (C=O) groups is 3. The Morgan fingerprint density at radius 1 is 1.00 bits per heavy atom. The van der Waals surface area contributed by atoms with Crippen LogP contribution in [0.15, 0.2) is 24.4 Å². The molecule has 29 heavy (non-hydrogen) atoms. The third-order valence-electron chi connectivity index (χ3n) is 7.54. The van der Waals surface area contributed by atoms with Crippen LogP contribution in [0.25, 0.3) is 0 Å². The first-order valence-electron chi connectivity index (χ1n) is 10.1. The third-order valence-corrected chi connectivity index (χ3v) is 7.54. The van der Waals surface area contributed by atoms with Crippen LogP contribution in [-0.4, -0.2) is 27.4 Å². The number of hydrogen-bond donors (Lipinski definition) is 1. The SMILES string of the molecule is CC1(C)CCC[C@]2(C)C(=O)c3cnc4c(c3C[C@@H]12)C(=O)c1cccc(O)c1C4=O. The van der Waals surface area contributed by atoms with Gasteiger partial charge in [0.1, 0.15) is 11.4 Å². The maximum atomic E-state index is 13.6. The zero-order valence-electron chi connectivity index (χ0n) is 16.8. The zero-order chi connectivity index (χ0) is 20.7. The summed E-state index contributed by atoms with van der Waals surface area (Å²) in [5, 5.41) is 10.2. The van der Waals surface area contributed by atoms with Crippen molar-refractivity contribution in [1.29, 1.82) is 0 Å². The van der Waals surface area contributed by atoms with Crippen molar-refractivity contribution < 1.29 is 19.5 Å². The van der Waals surface area contributed by atoms with E-state index in [9.17, 15) is 19.5 Å². The summed E-state index contributed by atoms with van der Waals surface area (Å²) >= 11 is 0. The van der Waals surface area contributed by atoms with Crippen LogP contribution in [-0.2, 0) is 6.42 Å². The normalized spacial score (nSPS) is 27.0. The van der Waals surface area contributed by atoms with Crippen molar-refractivity contribution in [2.75, 3.05) is 0 Å². The number of rotatable bonds is 0. The molecule has 0 aliphatic heterocycles. The quantitative estimate of drug-likeness (QED) is 0.625. The monoisotopic (exact) mass is 389 g/mol. The molecule has 3 aliphatic carbocycles. The Labute approximate surface area is 169 Å². The van der Waals surface area contributed by atoms with E-state index in [4.69, 9.17) is 0 Å². The van der Waals surface area contributed by atoms with E-state index in [0.29, 0.717) is 17.5 Å². The summed E-state index contributed by atoms with van der Waals surface area (Å²) in [5.74, 6) is -0.875. The first-order valence-corrected chi connectivity index (χ1v) is 10.1. The number of benzene rings is 1. The molecule has 1 aromatic heterocycles. The smallest absolute Gasteiger partial charge is 0.216 e. The van der Waals surface area contributed by atoms with Crippen LogP contribution in [0.5, 0.6) is 5.75 Å². The van der Waals surface area contributed by atoms with Crippen LogP contribution in [0.3, 0.4) is 0 Å². The summed E-state index contributed by atoms with van der Waals surface area (Å²) < 4.78 is 0. The summed E-state index contributed by atoms with van der Waals surface area (Å²) in [6.45, 7) is 6.44. The lowest BCUT2D eigenvalue weighted by Gasteiger charge is -2.52. The molecule has 5 heteroatoms. The molecular formula is C24H23NO4. The van der Waals surface area contributed by atoms with Crippen LogP contribution in [0.2, 0.25) is 0 Å². The van der Waals surface area contributed by atoms with E-state index in [-0.39, 0.29) is 51.0 Å². The van der Waals surface area contributed by atoms with Gasteiger partial charge in [-0.05, 0) is 42.2 Å². The van der Waals surface area contributed by atoms with Gasteiger partial charge in [-0.2, -0.15) is 0 Å². The molecule has 5 nitrogen and oxygen atoms in total. The van der Waals surface area contributed by atoms with Crippen LogP contribution in [0.4, 0.5) is 0 Å². The number of fused-ring (bicyclic) bond motifs is 5. The van der Waals surface area contributed by atoms with Gasteiger partial charge in [-0.3, -0.25) is 19.4 Å². The minimum atomic E-state index is -0.470. The number of carbonyl (C=O) groups excluding carboxylic acids is 3. The topological polar surface area (TPSA) is 84.3 Å². The van der Waals surface area contributed by atoms with Crippen molar-refractivity contribution in [3.8, 4) is 5.75 Å². The van der Waals surface area contributed by atoms with Crippen molar-refractivity contribution in [2.24, 2.45) is 16.7 Å². The predicted molar refractivity (Wildman–Crippen MR) is 106 cm³/mol. The molecule has 0 amide bonds. The van der Waals surface area contributed by atoms with Gasteiger partial charge >= 0.3 is 0 Å². The Bertz CT molecular complexity index is 1130. The largest absolute Gasteiger partial charge is 0.507 e. The second kappa shape index (κ2) is 5.62. The average molecular weight is 389 g/mol. The number of nitrogens with zero attached hydrogens (tertiary/aromatic N) is 1. The molecule has 0 saturated heterocycles. The van der Waals surface area contributed by atoms with E-state index in [1.807, 2.05) is 6.92 Å². The highest BCUT2D eigenvalue weighted by Gasteiger charge is 2.54. The number of ketones is 3. The fourth-order valence-electron chi connectivity index (χ4n) is 6.00. The van der Waals surface area contributed by atoms with Crippen molar-refractivity contribution in [2.45, 2.75) is 46.5 Å². The highest BCUT2D eigenvalue weighted by molar-refractivity contribution is 6.29. The lowest BCUT2D eigenvalue weighted by molar-refractivity contribution is 0.00361. The molecule has 1 heterocycles. The molecular weight excluding hydrogens is 366 g/mol. The van der Waals surface area contributed by atoms with Gasteiger partial charge < -0.3 is 5.11 Å². The van der Waals surface area contributed by atoms with Gasteiger partial charge in [-0.1, -0.05) is 39.3 Å². The minimum absolute atomic E-state index is 0.00224. The van der Waals surface area contributed by atoms with Gasteiger partial charge in [0.05, 0.1) is 11.1 Å². The van der Waals surface area contributed by atoms with E-state index in [1.165, 1.54) is 12.3 Å². The van der Waals surface area contributed by atoms with Gasteiger partial charge in [0, 0.05) is 22.7 Å². The molecule has 3 aliphatic rings. The highest BCUT2D eigenvalue weighted by atomic mass is 16.3. The number of phenols is 1. The number of Topliss-reactive ketones (excluding diaryl/α,β-unsaturated/α-hetero) is 1. The van der Waals surface area contributed by atoms with Gasteiger partial charge in [0.2, 0.25) is 5.78 Å². The molecule has 1 N–H and O–H groups in total. The Hall–Kier alpha value is -2.82. The molecule has 2 aromatic rings. The number of aromatic hydroxyl groups is 1. The van der Waals surface area contributed by atoms with Crippen molar-refractivity contribution in [1.82, 2.24) is 4.98 Å². The summed E-state index contributed by atoms with van der Waals surface area (Å²) in [6, 6.07) is 4.50. The summed E-state index contributed by atoms with van der Waals surface area (Å²) in [5.41, 5.74) is 1.12. The van der Waals surface area contributed by atoms with Gasteiger partial charge in [0.25, 0.3) is 0 Å². The summed E-state index contributed by atoms with van der Waals surface area (Å²) in [7, 11) is 0. The van der Waals surface area contributed by atoms with Crippen LogP contribution >= 0.6 is 0 Å². The van der Waals surface area contributed by atoms with Crippen molar-refractivity contribution in [3.05, 3.63) is 57.9 Å². The lowest BCUT2D eigenvalue weighted by atomic mass is 9.50. The molecule has 0 unspecified atom stereocenters. The Morgan fingerprint density at radius 2 is 1.76 bits per heavy atom. The van der Waals surface area contributed by atoms with Crippen molar-refractivity contribution >= 4 is 17.3 Å². The molecule has 5 rings (SSSR count). The number of pyridine rings is 1. The Balaban J connectivity index is 1.76. The first kappa shape index (κ1) is 18.2.